The van der Waals surface area contributed by atoms with Crippen molar-refractivity contribution in [3.63, 3.8) is 0 Å². The van der Waals surface area contributed by atoms with Gasteiger partial charge in [-0.2, -0.15) is 0 Å². The van der Waals surface area contributed by atoms with Crippen molar-refractivity contribution in [1.82, 2.24) is 4.57 Å². The van der Waals surface area contributed by atoms with Crippen LogP contribution in [0.25, 0.3) is 0 Å². The summed E-state index contributed by atoms with van der Waals surface area (Å²) in [7, 11) is 0. The van der Waals surface area contributed by atoms with Gasteiger partial charge in [0, 0.05) is 48.0 Å². The lowest BCUT2D eigenvalue weighted by Crippen LogP contribution is -2.30. The predicted octanol–water partition coefficient (Wildman–Crippen LogP) is 3.48. The minimum atomic E-state index is -0.0866. The number of nitrogens with one attached hydrogen (secondary N) is 1. The minimum absolute atomic E-state index is 0.0157. The van der Waals surface area contributed by atoms with Crippen LogP contribution in [0.15, 0.2) is 34.4 Å². The maximum Gasteiger partial charge on any atom is 0.307 e. The smallest absolute Gasteiger partial charge is 0.307 e. The Bertz CT molecular complexity index is 731. The van der Waals surface area contributed by atoms with Gasteiger partial charge >= 0.3 is 4.87 Å². The van der Waals surface area contributed by atoms with Crippen LogP contribution in [-0.2, 0) is 11.3 Å². The highest BCUT2D eigenvalue weighted by Gasteiger charge is 2.09. The summed E-state index contributed by atoms with van der Waals surface area (Å²) in [4.78, 5) is 26.0. The lowest BCUT2D eigenvalue weighted by Gasteiger charge is -2.27. The number of hydrogen-bond acceptors (Lipinski definition) is 4. The fourth-order valence-electron chi connectivity index (χ4n) is 2.69. The zero-order valence-electron chi connectivity index (χ0n) is 14.7. The van der Waals surface area contributed by atoms with Gasteiger partial charge in [-0.05, 0) is 52.0 Å². The molecule has 0 bridgehead atoms. The number of carbonyl (C=O) groups is 1. The lowest BCUT2D eigenvalue weighted by atomic mass is 10.2. The molecule has 0 unspecified atom stereocenters. The molecule has 0 aliphatic rings. The number of benzene rings is 1. The Balaban J connectivity index is 1.93. The van der Waals surface area contributed by atoms with Crippen LogP contribution in [0.2, 0.25) is 0 Å². The summed E-state index contributed by atoms with van der Waals surface area (Å²) in [5.41, 5.74) is 2.82. The second-order valence-electron chi connectivity index (χ2n) is 6.02. The van der Waals surface area contributed by atoms with E-state index in [0.717, 1.165) is 23.6 Å². The van der Waals surface area contributed by atoms with Crippen molar-refractivity contribution >= 4 is 28.6 Å². The van der Waals surface area contributed by atoms with Gasteiger partial charge in [-0.25, -0.2) is 0 Å². The predicted molar refractivity (Wildman–Crippen MR) is 101 cm³/mol. The molecule has 0 aliphatic carbocycles. The third-order valence-electron chi connectivity index (χ3n) is 3.99. The molecule has 24 heavy (non-hydrogen) atoms. The molecule has 2 rings (SSSR count). The minimum Gasteiger partial charge on any atom is -0.369 e. The third-order valence-corrected chi connectivity index (χ3v) is 4.87. The summed E-state index contributed by atoms with van der Waals surface area (Å²) in [5, 5.41) is 4.70. The standard InChI is InChI=1S/C18H25N3O2S/c1-5-20(13(2)3)16-8-6-15(7-9-16)19-17(22)10-11-21-14(4)12-24-18(21)23/h6-9,12-13H,5,10-11H2,1-4H3,(H,19,22). The summed E-state index contributed by atoms with van der Waals surface area (Å²) < 4.78 is 1.63. The average molecular weight is 347 g/mol. The maximum atomic E-state index is 12.1. The van der Waals surface area contributed by atoms with E-state index in [1.165, 1.54) is 11.3 Å². The number of aryl methyl sites for hydroxylation is 1. The van der Waals surface area contributed by atoms with Gasteiger partial charge in [-0.3, -0.25) is 9.59 Å². The molecule has 0 saturated heterocycles. The van der Waals surface area contributed by atoms with E-state index in [-0.39, 0.29) is 17.2 Å². The van der Waals surface area contributed by atoms with Crippen LogP contribution < -0.4 is 15.1 Å². The van der Waals surface area contributed by atoms with Gasteiger partial charge in [0.25, 0.3) is 0 Å². The second-order valence-corrected chi connectivity index (χ2v) is 6.84. The van der Waals surface area contributed by atoms with Gasteiger partial charge in [-0.15, -0.1) is 0 Å². The SMILES string of the molecule is CCN(c1ccc(NC(=O)CCn2c(C)csc2=O)cc1)C(C)C. The molecule has 0 saturated carbocycles. The molecule has 1 N–H and O–H groups in total. The van der Waals surface area contributed by atoms with Gasteiger partial charge in [0.05, 0.1) is 0 Å². The molecule has 130 valence electrons. The summed E-state index contributed by atoms with van der Waals surface area (Å²) in [6, 6.07) is 8.31. The lowest BCUT2D eigenvalue weighted by molar-refractivity contribution is -0.116. The number of carbonyl (C=O) groups excluding carboxylic acids is 1. The number of hydrogen-bond donors (Lipinski definition) is 1. The maximum absolute atomic E-state index is 12.1. The third kappa shape index (κ3) is 4.47. The number of thiazole rings is 1. The molecule has 0 atom stereocenters. The Labute approximate surface area is 146 Å². The van der Waals surface area contributed by atoms with E-state index in [0.29, 0.717) is 12.6 Å². The van der Waals surface area contributed by atoms with Gasteiger partial charge in [-0.1, -0.05) is 11.3 Å². The first-order chi connectivity index (χ1) is 11.4. The first-order valence-electron chi connectivity index (χ1n) is 8.23. The summed E-state index contributed by atoms with van der Waals surface area (Å²) in [6.45, 7) is 9.68. The molecule has 0 spiro atoms. The highest BCUT2D eigenvalue weighted by molar-refractivity contribution is 7.07. The first-order valence-corrected chi connectivity index (χ1v) is 9.11. The molecule has 1 aromatic carbocycles. The highest BCUT2D eigenvalue weighted by Crippen LogP contribution is 2.20. The summed E-state index contributed by atoms with van der Waals surface area (Å²) >= 11 is 1.17. The first kappa shape index (κ1) is 18.3. The number of nitrogens with zero attached hydrogens (tertiary/aromatic N) is 2. The fraction of sp³-hybridized carbons (Fsp3) is 0.444. The Morgan fingerprint density at radius 1 is 1.29 bits per heavy atom. The Hall–Kier alpha value is -2.08. The van der Waals surface area contributed by atoms with E-state index < -0.39 is 0 Å². The molecular weight excluding hydrogens is 322 g/mol. The topological polar surface area (TPSA) is 54.3 Å². The molecule has 2 aromatic rings. The van der Waals surface area contributed by atoms with Crippen LogP contribution in [0.1, 0.15) is 32.9 Å². The van der Waals surface area contributed by atoms with Crippen molar-refractivity contribution in [3.8, 4) is 0 Å². The van der Waals surface area contributed by atoms with Crippen LogP contribution in [0, 0.1) is 6.92 Å². The van der Waals surface area contributed by atoms with E-state index >= 15 is 0 Å². The van der Waals surface area contributed by atoms with Crippen molar-refractivity contribution < 1.29 is 4.79 Å². The molecule has 1 amide bonds. The highest BCUT2D eigenvalue weighted by atomic mass is 32.1. The molecule has 0 fully saturated rings. The molecule has 0 aliphatic heterocycles. The van der Waals surface area contributed by atoms with Crippen molar-refractivity contribution in [1.29, 1.82) is 0 Å². The molecular formula is C18H25N3O2S. The van der Waals surface area contributed by atoms with E-state index in [4.69, 9.17) is 0 Å². The van der Waals surface area contributed by atoms with Crippen molar-refractivity contribution in [2.45, 2.75) is 46.7 Å². The van der Waals surface area contributed by atoms with Crippen molar-refractivity contribution in [2.75, 3.05) is 16.8 Å². The van der Waals surface area contributed by atoms with Crippen molar-refractivity contribution in [3.05, 3.63) is 45.0 Å². The van der Waals surface area contributed by atoms with Crippen LogP contribution in [0.5, 0.6) is 0 Å². The van der Waals surface area contributed by atoms with Crippen LogP contribution in [0.3, 0.4) is 0 Å². The fourth-order valence-corrected chi connectivity index (χ4v) is 3.45. The molecule has 0 radical (unpaired) electrons. The Morgan fingerprint density at radius 3 is 2.46 bits per heavy atom. The number of rotatable bonds is 7. The monoisotopic (exact) mass is 347 g/mol. The summed E-state index contributed by atoms with van der Waals surface area (Å²) in [6.07, 6.45) is 0.284. The molecule has 6 heteroatoms. The number of aromatic nitrogens is 1. The molecule has 1 heterocycles. The Kier molecular flexibility index (Phi) is 6.20. The number of amides is 1. The van der Waals surface area contributed by atoms with Gasteiger partial charge in [0.2, 0.25) is 5.91 Å². The quantitative estimate of drug-likeness (QED) is 0.834. The molecule has 1 aromatic heterocycles. The van der Waals surface area contributed by atoms with Crippen LogP contribution in [-0.4, -0.2) is 23.1 Å². The van der Waals surface area contributed by atoms with Crippen LogP contribution in [0.4, 0.5) is 11.4 Å². The van der Waals surface area contributed by atoms with Gasteiger partial charge in [0.15, 0.2) is 0 Å². The van der Waals surface area contributed by atoms with Crippen LogP contribution >= 0.6 is 11.3 Å². The second kappa shape index (κ2) is 8.15. The normalized spacial score (nSPS) is 10.9. The van der Waals surface area contributed by atoms with Gasteiger partial charge < -0.3 is 14.8 Å². The van der Waals surface area contributed by atoms with E-state index in [1.54, 1.807) is 4.57 Å². The zero-order chi connectivity index (χ0) is 17.7. The zero-order valence-corrected chi connectivity index (χ0v) is 15.5. The van der Waals surface area contributed by atoms with E-state index in [2.05, 4.69) is 31.0 Å². The van der Waals surface area contributed by atoms with E-state index in [9.17, 15) is 9.59 Å². The molecule has 5 nitrogen and oxygen atoms in total. The number of anilines is 2. The van der Waals surface area contributed by atoms with E-state index in [1.807, 2.05) is 36.6 Å². The largest absolute Gasteiger partial charge is 0.369 e. The Morgan fingerprint density at radius 2 is 1.96 bits per heavy atom. The average Bonchev–Trinajstić information content (AvgIpc) is 2.86. The van der Waals surface area contributed by atoms with Crippen molar-refractivity contribution in [2.24, 2.45) is 0 Å². The van der Waals surface area contributed by atoms with Gasteiger partial charge in [0.1, 0.15) is 0 Å². The summed E-state index contributed by atoms with van der Waals surface area (Å²) in [5.74, 6) is -0.0866.